The highest BCUT2D eigenvalue weighted by Crippen LogP contribution is 2.32. The molecule has 0 bridgehead atoms. The zero-order valence-electron chi connectivity index (χ0n) is 16.0. The lowest BCUT2D eigenvalue weighted by Gasteiger charge is -2.36. The van der Waals surface area contributed by atoms with Crippen molar-refractivity contribution in [3.8, 4) is 0 Å². The monoisotopic (exact) mass is 379 g/mol. The van der Waals surface area contributed by atoms with E-state index in [2.05, 4.69) is 40.1 Å². The summed E-state index contributed by atoms with van der Waals surface area (Å²) in [5, 5.41) is 0.823. The SMILES string of the molecule is Clc1ccc(C2=C(CN3CCN(c4cc[c]cc4)CC3)CCCCC2)cc1. The van der Waals surface area contributed by atoms with Gasteiger partial charge in [-0.05, 0) is 67.2 Å². The Labute approximate surface area is 168 Å². The second kappa shape index (κ2) is 8.95. The molecule has 0 unspecified atom stereocenters. The Morgan fingerprint density at radius 3 is 2.26 bits per heavy atom. The van der Waals surface area contributed by atoms with Gasteiger partial charge in [-0.2, -0.15) is 0 Å². The van der Waals surface area contributed by atoms with Crippen LogP contribution in [0.5, 0.6) is 0 Å². The van der Waals surface area contributed by atoms with Gasteiger partial charge in [0.15, 0.2) is 0 Å². The van der Waals surface area contributed by atoms with E-state index in [0.717, 1.165) is 37.7 Å². The van der Waals surface area contributed by atoms with E-state index < -0.39 is 0 Å². The quantitative estimate of drug-likeness (QED) is 0.674. The molecule has 1 aliphatic carbocycles. The first-order valence-corrected chi connectivity index (χ1v) is 10.6. The van der Waals surface area contributed by atoms with Gasteiger partial charge in [-0.1, -0.05) is 47.9 Å². The van der Waals surface area contributed by atoms with Gasteiger partial charge in [-0.15, -0.1) is 0 Å². The lowest BCUT2D eigenvalue weighted by atomic mass is 9.95. The van der Waals surface area contributed by atoms with Gasteiger partial charge in [0.2, 0.25) is 0 Å². The highest BCUT2D eigenvalue weighted by molar-refractivity contribution is 6.30. The number of hydrogen-bond donors (Lipinski definition) is 0. The van der Waals surface area contributed by atoms with E-state index in [1.807, 2.05) is 24.3 Å². The fourth-order valence-corrected chi connectivity index (χ4v) is 4.47. The van der Waals surface area contributed by atoms with Gasteiger partial charge in [0.05, 0.1) is 0 Å². The van der Waals surface area contributed by atoms with E-state index in [1.54, 1.807) is 11.1 Å². The van der Waals surface area contributed by atoms with Gasteiger partial charge < -0.3 is 4.90 Å². The minimum Gasteiger partial charge on any atom is -0.369 e. The number of allylic oxidation sites excluding steroid dienone is 1. The molecule has 2 aliphatic rings. The predicted molar refractivity (Wildman–Crippen MR) is 115 cm³/mol. The number of rotatable bonds is 4. The molecule has 27 heavy (non-hydrogen) atoms. The Morgan fingerprint density at radius 2 is 1.52 bits per heavy atom. The summed E-state index contributed by atoms with van der Waals surface area (Å²) in [6.07, 6.45) is 6.43. The number of piperazine rings is 1. The molecule has 1 fully saturated rings. The molecule has 1 aliphatic heterocycles. The molecule has 1 heterocycles. The number of hydrogen-bond acceptors (Lipinski definition) is 2. The van der Waals surface area contributed by atoms with Gasteiger partial charge in [-0.3, -0.25) is 4.90 Å². The molecule has 0 atom stereocenters. The average molecular weight is 380 g/mol. The summed E-state index contributed by atoms with van der Waals surface area (Å²) in [7, 11) is 0. The first-order valence-electron chi connectivity index (χ1n) is 10.2. The van der Waals surface area contributed by atoms with E-state index >= 15 is 0 Å². The fraction of sp³-hybridized carbons (Fsp3) is 0.417. The summed E-state index contributed by atoms with van der Waals surface area (Å²) < 4.78 is 0. The van der Waals surface area contributed by atoms with Crippen molar-refractivity contribution in [2.45, 2.75) is 32.1 Å². The third-order valence-electron chi connectivity index (χ3n) is 5.88. The van der Waals surface area contributed by atoms with Crippen molar-refractivity contribution < 1.29 is 0 Å². The van der Waals surface area contributed by atoms with Crippen LogP contribution in [0.25, 0.3) is 5.57 Å². The summed E-state index contributed by atoms with van der Waals surface area (Å²) in [5.74, 6) is 0. The molecular weight excluding hydrogens is 352 g/mol. The van der Waals surface area contributed by atoms with Crippen LogP contribution >= 0.6 is 11.6 Å². The molecule has 2 nitrogen and oxygen atoms in total. The molecule has 1 saturated heterocycles. The van der Waals surface area contributed by atoms with Crippen molar-refractivity contribution in [3.05, 3.63) is 70.8 Å². The van der Waals surface area contributed by atoms with Crippen LogP contribution in [0.2, 0.25) is 5.02 Å². The molecule has 2 aromatic carbocycles. The summed E-state index contributed by atoms with van der Waals surface area (Å²) >= 11 is 6.11. The molecule has 0 saturated carbocycles. The normalized spacial score (nSPS) is 19.2. The Bertz CT molecular complexity index is 759. The molecular formula is C24H28ClN2. The summed E-state index contributed by atoms with van der Waals surface area (Å²) in [6, 6.07) is 19.9. The Hall–Kier alpha value is -1.77. The molecule has 3 heteroatoms. The van der Waals surface area contributed by atoms with Crippen LogP contribution in [0.15, 0.2) is 54.1 Å². The second-order valence-corrected chi connectivity index (χ2v) is 8.11. The van der Waals surface area contributed by atoms with Crippen molar-refractivity contribution in [2.75, 3.05) is 37.6 Å². The number of nitrogens with zero attached hydrogens (tertiary/aromatic N) is 2. The number of anilines is 1. The molecule has 4 rings (SSSR count). The third-order valence-corrected chi connectivity index (χ3v) is 6.13. The van der Waals surface area contributed by atoms with Gasteiger partial charge >= 0.3 is 0 Å². The lowest BCUT2D eigenvalue weighted by Crippen LogP contribution is -2.47. The number of benzene rings is 2. The van der Waals surface area contributed by atoms with Crippen molar-refractivity contribution >= 4 is 22.9 Å². The third kappa shape index (κ3) is 4.75. The summed E-state index contributed by atoms with van der Waals surface area (Å²) in [6.45, 7) is 5.60. The first kappa shape index (κ1) is 18.6. The highest BCUT2D eigenvalue weighted by Gasteiger charge is 2.20. The Balaban J connectivity index is 1.45. The van der Waals surface area contributed by atoms with Crippen LogP contribution in [-0.4, -0.2) is 37.6 Å². The van der Waals surface area contributed by atoms with Crippen LogP contribution in [0.4, 0.5) is 5.69 Å². The maximum Gasteiger partial charge on any atom is 0.0406 e. The Kier molecular flexibility index (Phi) is 6.16. The molecule has 0 aromatic heterocycles. The molecule has 1 radical (unpaired) electrons. The van der Waals surface area contributed by atoms with Crippen molar-refractivity contribution in [3.63, 3.8) is 0 Å². The fourth-order valence-electron chi connectivity index (χ4n) is 4.34. The van der Waals surface area contributed by atoms with E-state index in [1.165, 1.54) is 43.4 Å². The van der Waals surface area contributed by atoms with E-state index in [-0.39, 0.29) is 0 Å². The highest BCUT2D eigenvalue weighted by atomic mass is 35.5. The van der Waals surface area contributed by atoms with Crippen LogP contribution in [0, 0.1) is 6.07 Å². The van der Waals surface area contributed by atoms with Crippen LogP contribution in [0.1, 0.15) is 37.7 Å². The maximum atomic E-state index is 6.11. The van der Waals surface area contributed by atoms with Gasteiger partial charge in [0.25, 0.3) is 0 Å². The minimum absolute atomic E-state index is 0.823. The summed E-state index contributed by atoms with van der Waals surface area (Å²) in [5.41, 5.74) is 5.92. The minimum atomic E-state index is 0.823. The summed E-state index contributed by atoms with van der Waals surface area (Å²) in [4.78, 5) is 5.13. The average Bonchev–Trinajstić information content (AvgIpc) is 2.95. The molecule has 0 N–H and O–H groups in total. The largest absolute Gasteiger partial charge is 0.369 e. The van der Waals surface area contributed by atoms with Gasteiger partial charge in [0.1, 0.15) is 0 Å². The molecule has 0 amide bonds. The van der Waals surface area contributed by atoms with Gasteiger partial charge in [0, 0.05) is 43.4 Å². The standard InChI is InChI=1S/C24H28ClN2/c25-22-13-11-20(12-14-22)24-10-6-1-3-7-21(24)19-26-15-17-27(18-16-26)23-8-4-2-5-9-23/h4-5,8-9,11-14H,1,3,6-7,10,15-19H2. The van der Waals surface area contributed by atoms with Crippen molar-refractivity contribution in [2.24, 2.45) is 0 Å². The zero-order valence-corrected chi connectivity index (χ0v) is 16.7. The van der Waals surface area contributed by atoms with Crippen LogP contribution in [-0.2, 0) is 0 Å². The number of halogens is 1. The smallest absolute Gasteiger partial charge is 0.0406 e. The maximum absolute atomic E-state index is 6.11. The van der Waals surface area contributed by atoms with Crippen molar-refractivity contribution in [1.82, 2.24) is 4.90 Å². The lowest BCUT2D eigenvalue weighted by molar-refractivity contribution is 0.276. The second-order valence-electron chi connectivity index (χ2n) is 7.67. The zero-order chi connectivity index (χ0) is 18.5. The van der Waals surface area contributed by atoms with E-state index in [4.69, 9.17) is 11.6 Å². The van der Waals surface area contributed by atoms with Crippen LogP contribution in [0.3, 0.4) is 0 Å². The Morgan fingerprint density at radius 1 is 0.815 bits per heavy atom. The molecule has 0 spiro atoms. The molecule has 141 valence electrons. The van der Waals surface area contributed by atoms with E-state index in [0.29, 0.717) is 0 Å². The molecule has 2 aromatic rings. The predicted octanol–water partition coefficient (Wildman–Crippen LogP) is 5.68. The first-order chi connectivity index (χ1) is 13.3. The topological polar surface area (TPSA) is 6.48 Å². The van der Waals surface area contributed by atoms with E-state index in [9.17, 15) is 0 Å². The van der Waals surface area contributed by atoms with Crippen LogP contribution < -0.4 is 4.90 Å². The van der Waals surface area contributed by atoms with Crippen molar-refractivity contribution in [1.29, 1.82) is 0 Å². The van der Waals surface area contributed by atoms with Gasteiger partial charge in [-0.25, -0.2) is 0 Å².